The van der Waals surface area contributed by atoms with Crippen LogP contribution in [0.4, 0.5) is 0 Å². The van der Waals surface area contributed by atoms with Crippen molar-refractivity contribution < 1.29 is 9.53 Å². The molecule has 0 spiro atoms. The predicted octanol–water partition coefficient (Wildman–Crippen LogP) is 3.25. The molecule has 29 heavy (non-hydrogen) atoms. The molecule has 1 saturated carbocycles. The van der Waals surface area contributed by atoms with Gasteiger partial charge in [0.15, 0.2) is 0 Å². The molecule has 0 unspecified atom stereocenters. The second-order valence-corrected chi connectivity index (χ2v) is 8.91. The summed E-state index contributed by atoms with van der Waals surface area (Å²) in [6.45, 7) is 4.86. The third-order valence-corrected chi connectivity index (χ3v) is 6.73. The van der Waals surface area contributed by atoms with E-state index in [1.165, 1.54) is 43.9 Å². The Balaban J connectivity index is 1.39. The van der Waals surface area contributed by atoms with Gasteiger partial charge in [0.25, 0.3) is 0 Å². The molecule has 0 atom stereocenters. The van der Waals surface area contributed by atoms with Crippen LogP contribution < -0.4 is 5.32 Å². The summed E-state index contributed by atoms with van der Waals surface area (Å²) in [5.74, 6) is 1.96. The van der Waals surface area contributed by atoms with E-state index in [9.17, 15) is 4.79 Å². The summed E-state index contributed by atoms with van der Waals surface area (Å²) in [5.41, 5.74) is 0.941. The largest absolute Gasteiger partial charge is 0.379 e. The van der Waals surface area contributed by atoms with Crippen LogP contribution in [0.2, 0.25) is 0 Å². The van der Waals surface area contributed by atoms with Crippen LogP contribution in [0.5, 0.6) is 0 Å². The molecule has 0 bridgehead atoms. The van der Waals surface area contributed by atoms with Gasteiger partial charge in [0, 0.05) is 25.0 Å². The average molecular weight is 415 g/mol. The number of fused-ring (bicyclic) bond motifs is 1. The fourth-order valence-corrected chi connectivity index (χ4v) is 4.94. The van der Waals surface area contributed by atoms with Crippen molar-refractivity contribution in [3.05, 3.63) is 30.1 Å². The highest BCUT2D eigenvalue weighted by molar-refractivity contribution is 8.00. The number of aromatic nitrogens is 2. The molecular weight excluding hydrogens is 384 g/mol. The fourth-order valence-electron chi connectivity index (χ4n) is 4.07. The zero-order valence-corrected chi connectivity index (χ0v) is 17.8. The molecule has 156 valence electrons. The lowest BCUT2D eigenvalue weighted by Crippen LogP contribution is -2.36. The minimum absolute atomic E-state index is 0.0954. The van der Waals surface area contributed by atoms with Gasteiger partial charge >= 0.3 is 0 Å². The molecule has 2 fully saturated rings. The van der Waals surface area contributed by atoms with Gasteiger partial charge in [0.1, 0.15) is 10.9 Å². The zero-order valence-electron chi connectivity index (χ0n) is 16.9. The van der Waals surface area contributed by atoms with E-state index in [-0.39, 0.29) is 5.91 Å². The van der Waals surface area contributed by atoms with E-state index < -0.39 is 0 Å². The van der Waals surface area contributed by atoms with Crippen LogP contribution in [0, 0.1) is 5.92 Å². The summed E-state index contributed by atoms with van der Waals surface area (Å²) in [6.07, 6.45) is 6.43. The van der Waals surface area contributed by atoms with Crippen LogP contribution in [0.15, 0.2) is 29.3 Å². The molecule has 0 radical (unpaired) electrons. The molecule has 4 rings (SSSR count). The molecule has 2 heterocycles. The number of ether oxygens (including phenoxy) is 1. The third-order valence-electron chi connectivity index (χ3n) is 5.74. The maximum absolute atomic E-state index is 12.4. The number of nitrogens with zero attached hydrogens (tertiary/aromatic N) is 3. The van der Waals surface area contributed by atoms with Crippen LogP contribution >= 0.6 is 11.8 Å². The highest BCUT2D eigenvalue weighted by atomic mass is 32.2. The van der Waals surface area contributed by atoms with E-state index in [2.05, 4.69) is 10.2 Å². The van der Waals surface area contributed by atoms with Crippen molar-refractivity contribution in [1.29, 1.82) is 0 Å². The SMILES string of the molecule is O=C(CSc1nc(CN2CCOCC2)nc2ccccc12)NCC1CCCCC1. The molecule has 2 aromatic rings. The number of thioether (sulfide) groups is 1. The number of carbonyl (C=O) groups excluding carboxylic acids is 1. The molecule has 1 aliphatic heterocycles. The molecule has 1 saturated heterocycles. The lowest BCUT2D eigenvalue weighted by molar-refractivity contribution is -0.118. The Morgan fingerprint density at radius 3 is 2.76 bits per heavy atom. The van der Waals surface area contributed by atoms with Crippen molar-refractivity contribution >= 4 is 28.6 Å². The predicted molar refractivity (Wildman–Crippen MR) is 116 cm³/mol. The maximum Gasteiger partial charge on any atom is 0.230 e. The van der Waals surface area contributed by atoms with Gasteiger partial charge in [0.2, 0.25) is 5.91 Å². The average Bonchev–Trinajstić information content (AvgIpc) is 2.77. The van der Waals surface area contributed by atoms with Crippen molar-refractivity contribution in [1.82, 2.24) is 20.2 Å². The van der Waals surface area contributed by atoms with Crippen LogP contribution in [-0.2, 0) is 16.1 Å². The number of carbonyl (C=O) groups is 1. The van der Waals surface area contributed by atoms with Gasteiger partial charge in [-0.25, -0.2) is 9.97 Å². The van der Waals surface area contributed by atoms with Crippen LogP contribution in [0.3, 0.4) is 0 Å². The lowest BCUT2D eigenvalue weighted by atomic mass is 9.89. The molecule has 2 aliphatic rings. The van der Waals surface area contributed by atoms with Gasteiger partial charge in [-0.3, -0.25) is 9.69 Å². The van der Waals surface area contributed by atoms with E-state index in [1.54, 1.807) is 0 Å². The monoisotopic (exact) mass is 414 g/mol. The molecule has 7 heteroatoms. The Bertz CT molecular complexity index is 820. The number of morpholine rings is 1. The summed E-state index contributed by atoms with van der Waals surface area (Å²) in [6, 6.07) is 8.06. The van der Waals surface area contributed by atoms with E-state index in [0.717, 1.165) is 61.1 Å². The van der Waals surface area contributed by atoms with Gasteiger partial charge in [-0.15, -0.1) is 0 Å². The molecule has 1 amide bonds. The van der Waals surface area contributed by atoms with Crippen LogP contribution in [0.1, 0.15) is 37.9 Å². The first kappa shape index (κ1) is 20.6. The summed E-state index contributed by atoms with van der Waals surface area (Å²) >= 11 is 1.51. The smallest absolute Gasteiger partial charge is 0.230 e. The zero-order chi connectivity index (χ0) is 19.9. The normalized spacial score (nSPS) is 18.8. The fraction of sp³-hybridized carbons (Fsp3) is 0.591. The van der Waals surface area contributed by atoms with Crippen molar-refractivity contribution in [2.75, 3.05) is 38.6 Å². The Morgan fingerprint density at radius 1 is 1.14 bits per heavy atom. The first-order chi connectivity index (χ1) is 14.3. The van der Waals surface area contributed by atoms with Gasteiger partial charge in [-0.1, -0.05) is 49.2 Å². The van der Waals surface area contributed by atoms with Crippen molar-refractivity contribution in [2.45, 2.75) is 43.7 Å². The number of nitrogens with one attached hydrogen (secondary N) is 1. The molecule has 1 aromatic heterocycles. The number of benzene rings is 1. The van der Waals surface area contributed by atoms with Gasteiger partial charge in [-0.05, 0) is 24.8 Å². The number of amides is 1. The highest BCUT2D eigenvalue weighted by Gasteiger charge is 2.17. The van der Waals surface area contributed by atoms with Crippen LogP contribution in [0.25, 0.3) is 10.9 Å². The molecule has 6 nitrogen and oxygen atoms in total. The standard InChI is InChI=1S/C22H30N4O2S/c27-21(23-14-17-6-2-1-3-7-17)16-29-22-18-8-4-5-9-19(18)24-20(25-22)15-26-10-12-28-13-11-26/h4-5,8-9,17H,1-3,6-7,10-16H2,(H,23,27). The Morgan fingerprint density at radius 2 is 1.93 bits per heavy atom. The number of hydrogen-bond donors (Lipinski definition) is 1. The lowest BCUT2D eigenvalue weighted by Gasteiger charge is -2.25. The first-order valence-electron chi connectivity index (χ1n) is 10.7. The molecule has 1 aromatic carbocycles. The van der Waals surface area contributed by atoms with Gasteiger partial charge < -0.3 is 10.1 Å². The first-order valence-corrected chi connectivity index (χ1v) is 11.7. The topological polar surface area (TPSA) is 67.4 Å². The minimum atomic E-state index is 0.0954. The number of hydrogen-bond acceptors (Lipinski definition) is 6. The molecule has 1 N–H and O–H groups in total. The van der Waals surface area contributed by atoms with Gasteiger partial charge in [0.05, 0.1) is 31.0 Å². The summed E-state index contributed by atoms with van der Waals surface area (Å²) in [4.78, 5) is 24.3. The van der Waals surface area contributed by atoms with Crippen molar-refractivity contribution in [2.24, 2.45) is 5.92 Å². The van der Waals surface area contributed by atoms with E-state index in [4.69, 9.17) is 14.7 Å². The Hall–Kier alpha value is -1.70. The van der Waals surface area contributed by atoms with Crippen molar-refractivity contribution in [3.63, 3.8) is 0 Å². The summed E-state index contributed by atoms with van der Waals surface area (Å²) < 4.78 is 5.43. The van der Waals surface area contributed by atoms with Gasteiger partial charge in [-0.2, -0.15) is 0 Å². The Labute approximate surface area is 176 Å². The van der Waals surface area contributed by atoms with E-state index in [0.29, 0.717) is 11.7 Å². The second-order valence-electron chi connectivity index (χ2n) is 7.95. The Kier molecular flexibility index (Phi) is 7.35. The maximum atomic E-state index is 12.4. The molecule has 1 aliphatic carbocycles. The third kappa shape index (κ3) is 5.90. The minimum Gasteiger partial charge on any atom is -0.379 e. The molecular formula is C22H30N4O2S. The van der Waals surface area contributed by atoms with Crippen molar-refractivity contribution in [3.8, 4) is 0 Å². The van der Waals surface area contributed by atoms with Crippen LogP contribution in [-0.4, -0.2) is 59.4 Å². The quantitative estimate of drug-likeness (QED) is 0.554. The second kappa shape index (κ2) is 10.4. The number of para-hydroxylation sites is 1. The summed E-state index contributed by atoms with van der Waals surface area (Å²) in [7, 11) is 0. The van der Waals surface area contributed by atoms with E-state index in [1.807, 2.05) is 24.3 Å². The van der Waals surface area contributed by atoms with E-state index >= 15 is 0 Å². The number of rotatable bonds is 7. The summed E-state index contributed by atoms with van der Waals surface area (Å²) in [5, 5.41) is 5.04. The highest BCUT2D eigenvalue weighted by Crippen LogP contribution is 2.26.